The number of anilines is 1. The summed E-state index contributed by atoms with van der Waals surface area (Å²) in [6.45, 7) is 5.21. The quantitative estimate of drug-likeness (QED) is 0.638. The van der Waals surface area contributed by atoms with E-state index >= 15 is 0 Å². The van der Waals surface area contributed by atoms with Crippen molar-refractivity contribution in [3.05, 3.63) is 40.6 Å². The zero-order valence-corrected chi connectivity index (χ0v) is 11.8. The summed E-state index contributed by atoms with van der Waals surface area (Å²) < 4.78 is 0. The molecule has 1 N–H and O–H groups in total. The van der Waals surface area contributed by atoms with E-state index in [0.29, 0.717) is 11.4 Å². The SMILES string of the molecule is CCC(CC)CNc1ccc([N+](=O)[O-])c2ncccc12. The van der Waals surface area contributed by atoms with Gasteiger partial charge in [-0.25, -0.2) is 4.98 Å². The van der Waals surface area contributed by atoms with Gasteiger partial charge < -0.3 is 5.32 Å². The molecule has 0 aliphatic heterocycles. The number of nitro groups is 1. The highest BCUT2D eigenvalue weighted by Gasteiger charge is 2.15. The molecule has 1 aromatic carbocycles. The summed E-state index contributed by atoms with van der Waals surface area (Å²) in [7, 11) is 0. The average Bonchev–Trinajstić information content (AvgIpc) is 2.47. The molecule has 20 heavy (non-hydrogen) atoms. The molecule has 0 saturated heterocycles. The molecular weight excluding hydrogens is 254 g/mol. The topological polar surface area (TPSA) is 68.1 Å². The van der Waals surface area contributed by atoms with Crippen LogP contribution in [0.4, 0.5) is 11.4 Å². The van der Waals surface area contributed by atoms with Crippen molar-refractivity contribution in [2.75, 3.05) is 11.9 Å². The Hall–Kier alpha value is -2.17. The summed E-state index contributed by atoms with van der Waals surface area (Å²) >= 11 is 0. The summed E-state index contributed by atoms with van der Waals surface area (Å²) in [5.41, 5.74) is 1.39. The van der Waals surface area contributed by atoms with E-state index in [4.69, 9.17) is 0 Å². The molecule has 0 spiro atoms. The van der Waals surface area contributed by atoms with Gasteiger partial charge in [0.2, 0.25) is 0 Å². The van der Waals surface area contributed by atoms with Gasteiger partial charge in [0.05, 0.1) is 4.92 Å². The lowest BCUT2D eigenvalue weighted by molar-refractivity contribution is -0.383. The first kappa shape index (κ1) is 14.2. The van der Waals surface area contributed by atoms with Crippen LogP contribution in [0.2, 0.25) is 0 Å². The van der Waals surface area contributed by atoms with Gasteiger partial charge in [0.25, 0.3) is 5.69 Å². The summed E-state index contributed by atoms with van der Waals surface area (Å²) in [6.07, 6.45) is 3.82. The van der Waals surface area contributed by atoms with Crippen LogP contribution in [-0.4, -0.2) is 16.5 Å². The van der Waals surface area contributed by atoms with E-state index in [1.54, 1.807) is 18.3 Å². The van der Waals surface area contributed by atoms with Crippen molar-refractivity contribution in [1.82, 2.24) is 4.98 Å². The number of nitrogens with one attached hydrogen (secondary N) is 1. The predicted molar refractivity (Wildman–Crippen MR) is 81.0 cm³/mol. The Kier molecular flexibility index (Phi) is 4.50. The molecule has 2 rings (SSSR count). The lowest BCUT2D eigenvalue weighted by Gasteiger charge is -2.15. The largest absolute Gasteiger partial charge is 0.384 e. The van der Waals surface area contributed by atoms with E-state index in [1.165, 1.54) is 6.07 Å². The molecule has 0 fully saturated rings. The smallest absolute Gasteiger partial charge is 0.295 e. The van der Waals surface area contributed by atoms with Crippen molar-refractivity contribution in [1.29, 1.82) is 0 Å². The highest BCUT2D eigenvalue weighted by molar-refractivity contribution is 5.96. The van der Waals surface area contributed by atoms with E-state index in [9.17, 15) is 10.1 Å². The summed E-state index contributed by atoms with van der Waals surface area (Å²) in [6, 6.07) is 6.95. The Bertz CT molecular complexity index is 609. The average molecular weight is 273 g/mol. The van der Waals surface area contributed by atoms with Crippen LogP contribution < -0.4 is 5.32 Å². The van der Waals surface area contributed by atoms with Gasteiger partial charge in [-0.1, -0.05) is 26.7 Å². The first-order valence-electron chi connectivity index (χ1n) is 6.93. The number of fused-ring (bicyclic) bond motifs is 1. The number of non-ortho nitro benzene ring substituents is 1. The lowest BCUT2D eigenvalue weighted by Crippen LogP contribution is -2.13. The molecule has 1 heterocycles. The minimum atomic E-state index is -0.389. The van der Waals surface area contributed by atoms with Crippen LogP contribution in [0.15, 0.2) is 30.5 Å². The molecule has 2 aromatic rings. The number of nitrogens with zero attached hydrogens (tertiary/aromatic N) is 2. The van der Waals surface area contributed by atoms with Crippen LogP contribution in [-0.2, 0) is 0 Å². The van der Waals surface area contributed by atoms with Crippen LogP contribution in [0.3, 0.4) is 0 Å². The number of aromatic nitrogens is 1. The first-order chi connectivity index (χ1) is 9.67. The highest BCUT2D eigenvalue weighted by Crippen LogP contribution is 2.29. The maximum atomic E-state index is 11.0. The van der Waals surface area contributed by atoms with Gasteiger partial charge in [0.1, 0.15) is 5.52 Å². The standard InChI is InChI=1S/C15H19N3O2/c1-3-11(4-2)10-17-13-7-8-14(18(19)20)15-12(13)6-5-9-16-15/h5-9,11,17H,3-4,10H2,1-2H3. The Balaban J connectivity index is 2.36. The number of hydrogen-bond donors (Lipinski definition) is 1. The maximum absolute atomic E-state index is 11.0. The maximum Gasteiger partial charge on any atom is 0.295 e. The Labute approximate surface area is 118 Å². The van der Waals surface area contributed by atoms with Gasteiger partial charge in [0.15, 0.2) is 0 Å². The summed E-state index contributed by atoms with van der Waals surface area (Å²) in [5, 5.41) is 15.2. The van der Waals surface area contributed by atoms with E-state index in [-0.39, 0.29) is 10.6 Å². The minimum Gasteiger partial charge on any atom is -0.384 e. The molecule has 1 aromatic heterocycles. The Morgan fingerprint density at radius 2 is 2.05 bits per heavy atom. The molecule has 0 unspecified atom stereocenters. The third kappa shape index (κ3) is 2.87. The Morgan fingerprint density at radius 3 is 2.70 bits per heavy atom. The van der Waals surface area contributed by atoms with Crippen LogP contribution in [0, 0.1) is 16.0 Å². The van der Waals surface area contributed by atoms with Crippen molar-refractivity contribution in [3.8, 4) is 0 Å². The van der Waals surface area contributed by atoms with Crippen molar-refractivity contribution >= 4 is 22.3 Å². The second kappa shape index (κ2) is 6.32. The van der Waals surface area contributed by atoms with Gasteiger partial charge in [0, 0.05) is 29.9 Å². The first-order valence-corrected chi connectivity index (χ1v) is 6.93. The molecular formula is C15H19N3O2. The molecule has 5 nitrogen and oxygen atoms in total. The molecule has 5 heteroatoms. The molecule has 0 aliphatic carbocycles. The number of pyridine rings is 1. The highest BCUT2D eigenvalue weighted by atomic mass is 16.6. The normalized spacial score (nSPS) is 10.9. The van der Waals surface area contributed by atoms with E-state index < -0.39 is 0 Å². The third-order valence-corrected chi connectivity index (χ3v) is 3.68. The van der Waals surface area contributed by atoms with E-state index in [1.807, 2.05) is 6.07 Å². The van der Waals surface area contributed by atoms with Gasteiger partial charge >= 0.3 is 0 Å². The minimum absolute atomic E-state index is 0.0497. The van der Waals surface area contributed by atoms with E-state index in [2.05, 4.69) is 24.1 Å². The molecule has 0 saturated carbocycles. The van der Waals surface area contributed by atoms with Gasteiger partial charge in [-0.3, -0.25) is 10.1 Å². The lowest BCUT2D eigenvalue weighted by atomic mass is 10.0. The van der Waals surface area contributed by atoms with Gasteiger partial charge in [-0.2, -0.15) is 0 Å². The van der Waals surface area contributed by atoms with Gasteiger partial charge in [-0.15, -0.1) is 0 Å². The molecule has 0 atom stereocenters. The van der Waals surface area contributed by atoms with Crippen LogP contribution in [0.1, 0.15) is 26.7 Å². The predicted octanol–water partition coefficient (Wildman–Crippen LogP) is 3.99. The Morgan fingerprint density at radius 1 is 1.30 bits per heavy atom. The zero-order chi connectivity index (χ0) is 14.5. The number of rotatable bonds is 6. The fourth-order valence-electron chi connectivity index (χ4n) is 2.29. The second-order valence-electron chi connectivity index (χ2n) is 4.85. The second-order valence-corrected chi connectivity index (χ2v) is 4.85. The molecule has 0 bridgehead atoms. The van der Waals surface area contributed by atoms with Crippen molar-refractivity contribution in [2.45, 2.75) is 26.7 Å². The molecule has 0 amide bonds. The molecule has 0 aliphatic rings. The van der Waals surface area contributed by atoms with Crippen LogP contribution in [0.25, 0.3) is 10.9 Å². The van der Waals surface area contributed by atoms with E-state index in [0.717, 1.165) is 30.5 Å². The van der Waals surface area contributed by atoms with Gasteiger partial charge in [-0.05, 0) is 24.1 Å². The third-order valence-electron chi connectivity index (χ3n) is 3.68. The fraction of sp³-hybridized carbons (Fsp3) is 0.400. The number of nitro benzene ring substituents is 1. The van der Waals surface area contributed by atoms with Crippen molar-refractivity contribution in [2.24, 2.45) is 5.92 Å². The monoisotopic (exact) mass is 273 g/mol. The number of hydrogen-bond acceptors (Lipinski definition) is 4. The van der Waals surface area contributed by atoms with Crippen LogP contribution >= 0.6 is 0 Å². The fourth-order valence-corrected chi connectivity index (χ4v) is 2.29. The molecule has 0 radical (unpaired) electrons. The van der Waals surface area contributed by atoms with Crippen molar-refractivity contribution in [3.63, 3.8) is 0 Å². The van der Waals surface area contributed by atoms with Crippen molar-refractivity contribution < 1.29 is 4.92 Å². The zero-order valence-electron chi connectivity index (χ0n) is 11.8. The summed E-state index contributed by atoms with van der Waals surface area (Å²) in [5.74, 6) is 0.608. The summed E-state index contributed by atoms with van der Waals surface area (Å²) in [4.78, 5) is 14.8. The molecule has 106 valence electrons. The number of benzene rings is 1. The van der Waals surface area contributed by atoms with Crippen LogP contribution in [0.5, 0.6) is 0 Å².